The lowest BCUT2D eigenvalue weighted by atomic mass is 9.67. The number of nitrogens with zero attached hydrogens (tertiary/aromatic N) is 8. The minimum Gasteiger partial charge on any atom is -0.436 e. The van der Waals surface area contributed by atoms with Crippen molar-refractivity contribution in [3.63, 3.8) is 0 Å². The van der Waals surface area contributed by atoms with E-state index in [1.54, 1.807) is 0 Å². The monoisotopic (exact) mass is 1560 g/mol. The molecule has 0 saturated heterocycles. The van der Waals surface area contributed by atoms with Crippen LogP contribution in [0.5, 0.6) is 0 Å². The summed E-state index contributed by atoms with van der Waals surface area (Å²) in [6.07, 6.45) is 0. The average molecular weight is 1560 g/mol. The van der Waals surface area contributed by atoms with Crippen LogP contribution in [0.3, 0.4) is 0 Å². The predicted octanol–water partition coefficient (Wildman–Crippen LogP) is 27.1. The Morgan fingerprint density at radius 1 is 0.156 bits per heavy atom. The molecule has 2 aliphatic rings. The number of fused-ring (bicyclic) bond motifs is 8. The average Bonchev–Trinajstić information content (AvgIpc) is 1.54. The first kappa shape index (κ1) is 72.2. The first-order valence-corrected chi connectivity index (χ1v) is 41.0. The molecule has 17 aromatic carbocycles. The molecule has 0 saturated carbocycles. The second-order valence-corrected chi connectivity index (χ2v) is 30.8. The molecule has 122 heavy (non-hydrogen) atoms. The van der Waals surface area contributed by atoms with E-state index in [1.165, 1.54) is 61.2 Å². The summed E-state index contributed by atoms with van der Waals surface area (Å²) in [7, 11) is 0. The summed E-state index contributed by atoms with van der Waals surface area (Å²) in [5.41, 5.74) is 30.6. The molecule has 10 nitrogen and oxygen atoms in total. The van der Waals surface area contributed by atoms with E-state index < -0.39 is 10.8 Å². The molecule has 4 aromatic heterocycles. The van der Waals surface area contributed by atoms with Gasteiger partial charge < -0.3 is 8.83 Å². The SMILES string of the molecule is c1ccc(-c2ccc(-c3nc(-c4ccccc4)nc(-c4cccc(-c5ccc(C6(c7ccc8nc(-c9ccccc9)oc8c7)c7ccccc7-c7ccccc76)cc5)c4)n3)cc2)cc1.c1ccc(-c2nc(-c3ccccc3)nc(-c3cccc(-c4ccc(C5(c6ccc7nc(-c8ccccc8)oc7c6)c6ccccc6-c6ccccc65)cc4)c3)n2)cc1. The molecule has 10 heteroatoms. The van der Waals surface area contributed by atoms with Crippen LogP contribution in [0.1, 0.15) is 44.5 Å². The molecule has 0 fully saturated rings. The molecule has 0 amide bonds. The van der Waals surface area contributed by atoms with E-state index in [0.29, 0.717) is 46.7 Å². The Labute approximate surface area is 705 Å². The van der Waals surface area contributed by atoms with Gasteiger partial charge in [-0.25, -0.2) is 39.9 Å². The number of oxazole rings is 2. The van der Waals surface area contributed by atoms with Crippen LogP contribution in [0.25, 0.3) is 169 Å². The van der Waals surface area contributed by atoms with Crippen molar-refractivity contribution in [1.29, 1.82) is 0 Å². The van der Waals surface area contributed by atoms with Gasteiger partial charge >= 0.3 is 0 Å². The third-order valence-corrected chi connectivity index (χ3v) is 23.8. The van der Waals surface area contributed by atoms with E-state index in [4.69, 9.17) is 48.7 Å². The van der Waals surface area contributed by atoms with Gasteiger partial charge in [-0.15, -0.1) is 0 Å². The fourth-order valence-electron chi connectivity index (χ4n) is 18.0. The highest BCUT2D eigenvalue weighted by atomic mass is 16.4. The van der Waals surface area contributed by atoms with Gasteiger partial charge in [-0.05, 0) is 161 Å². The van der Waals surface area contributed by atoms with Crippen LogP contribution in [0.15, 0.2) is 446 Å². The van der Waals surface area contributed by atoms with E-state index in [9.17, 15) is 0 Å². The molecule has 0 spiro atoms. The normalized spacial score (nSPS) is 12.6. The summed E-state index contributed by atoms with van der Waals surface area (Å²) in [5.74, 6) is 5.01. The van der Waals surface area contributed by atoms with Gasteiger partial charge in [-0.2, -0.15) is 0 Å². The summed E-state index contributed by atoms with van der Waals surface area (Å²) in [6, 6.07) is 152. The van der Waals surface area contributed by atoms with Crippen LogP contribution in [0, 0.1) is 0 Å². The van der Waals surface area contributed by atoms with Crippen LogP contribution in [-0.2, 0) is 10.8 Å². The molecular weight excluding hydrogens is 1490 g/mol. The molecule has 0 unspecified atom stereocenters. The first-order chi connectivity index (χ1) is 60.4. The molecule has 0 radical (unpaired) electrons. The Hall–Kier alpha value is -16.3. The molecule has 0 atom stereocenters. The molecule has 4 heterocycles. The van der Waals surface area contributed by atoms with Crippen LogP contribution in [0.2, 0.25) is 0 Å². The molecular formula is C112H72N8O2. The minimum atomic E-state index is -0.601. The van der Waals surface area contributed by atoms with Gasteiger partial charge in [0, 0.05) is 44.5 Å². The first-order valence-electron chi connectivity index (χ1n) is 41.0. The van der Waals surface area contributed by atoms with Crippen molar-refractivity contribution in [3.05, 3.63) is 481 Å². The number of aromatic nitrogens is 8. The maximum Gasteiger partial charge on any atom is 0.227 e. The zero-order chi connectivity index (χ0) is 80.9. The van der Waals surface area contributed by atoms with Crippen molar-refractivity contribution in [2.24, 2.45) is 0 Å². The Morgan fingerprint density at radius 3 is 0.721 bits per heavy atom. The van der Waals surface area contributed by atoms with Crippen LogP contribution in [-0.4, -0.2) is 39.9 Å². The summed E-state index contributed by atoms with van der Waals surface area (Å²) in [4.78, 5) is 39.8. The molecule has 0 N–H and O–H groups in total. The van der Waals surface area contributed by atoms with Crippen molar-refractivity contribution in [2.45, 2.75) is 10.8 Å². The fourth-order valence-corrected chi connectivity index (χ4v) is 18.0. The van der Waals surface area contributed by atoms with Gasteiger partial charge in [0.1, 0.15) is 11.0 Å². The van der Waals surface area contributed by atoms with Gasteiger partial charge in [-0.1, -0.05) is 376 Å². The van der Waals surface area contributed by atoms with E-state index >= 15 is 0 Å². The van der Waals surface area contributed by atoms with Crippen LogP contribution in [0.4, 0.5) is 0 Å². The van der Waals surface area contributed by atoms with Gasteiger partial charge in [0.25, 0.3) is 0 Å². The van der Waals surface area contributed by atoms with Crippen molar-refractivity contribution < 1.29 is 8.83 Å². The Balaban J connectivity index is 0.000000146. The van der Waals surface area contributed by atoms with E-state index in [2.05, 4.69) is 279 Å². The van der Waals surface area contributed by atoms with Crippen molar-refractivity contribution in [2.75, 3.05) is 0 Å². The van der Waals surface area contributed by atoms with E-state index in [0.717, 1.165) is 106 Å². The second kappa shape index (κ2) is 30.6. The summed E-state index contributed by atoms with van der Waals surface area (Å²) in [5, 5.41) is 0. The smallest absolute Gasteiger partial charge is 0.227 e. The number of rotatable bonds is 15. The maximum atomic E-state index is 6.50. The summed E-state index contributed by atoms with van der Waals surface area (Å²) < 4.78 is 13.0. The number of hydrogen-bond acceptors (Lipinski definition) is 10. The summed E-state index contributed by atoms with van der Waals surface area (Å²) >= 11 is 0. The van der Waals surface area contributed by atoms with Gasteiger partial charge in [0.2, 0.25) is 11.8 Å². The molecule has 2 aliphatic carbocycles. The fraction of sp³-hybridized carbons (Fsp3) is 0.0179. The van der Waals surface area contributed by atoms with E-state index in [1.807, 2.05) is 158 Å². The predicted molar refractivity (Wildman–Crippen MR) is 489 cm³/mol. The molecule has 572 valence electrons. The largest absolute Gasteiger partial charge is 0.436 e. The number of hydrogen-bond donors (Lipinski definition) is 0. The van der Waals surface area contributed by atoms with Gasteiger partial charge in [-0.3, -0.25) is 0 Å². The van der Waals surface area contributed by atoms with Crippen LogP contribution < -0.4 is 0 Å². The lowest BCUT2D eigenvalue weighted by Crippen LogP contribution is -2.28. The third kappa shape index (κ3) is 12.9. The highest BCUT2D eigenvalue weighted by Crippen LogP contribution is 2.59. The van der Waals surface area contributed by atoms with Crippen molar-refractivity contribution >= 4 is 22.2 Å². The summed E-state index contributed by atoms with van der Waals surface area (Å²) in [6.45, 7) is 0. The Bertz CT molecular complexity index is 7320. The van der Waals surface area contributed by atoms with E-state index in [-0.39, 0.29) is 0 Å². The highest BCUT2D eigenvalue weighted by Gasteiger charge is 2.48. The zero-order valence-electron chi connectivity index (χ0n) is 66.0. The highest BCUT2D eigenvalue weighted by molar-refractivity contribution is 5.91. The minimum absolute atomic E-state index is 0.589. The maximum absolute atomic E-state index is 6.50. The zero-order valence-corrected chi connectivity index (χ0v) is 66.0. The second-order valence-electron chi connectivity index (χ2n) is 30.8. The topological polar surface area (TPSA) is 129 Å². The molecule has 23 rings (SSSR count). The van der Waals surface area contributed by atoms with Crippen molar-refractivity contribution in [3.8, 4) is 147 Å². The standard InChI is InChI=1S/C59H38N4O.C53H34N4O/c1-4-15-39(16-5-1)40-27-29-43(30-28-40)56-61-55(42-17-6-2-7-18-42)62-57(63-56)46-22-14-21-45(37-46)41-31-33-47(34-32-41)59(51-25-12-10-23-49(51)50-24-11-13-26-52(50)59)48-35-36-53-54(38-48)64-58(60-53)44-19-8-3-9-20-44;1-4-15-36(16-5-1)49-55-50(37-17-6-2-7-18-37)57-51(56-49)40-22-14-21-39(33-40)35-27-29-41(30-28-35)53(45-25-12-10-23-43(45)44-24-11-13-26-46(44)53)42-31-32-47-48(34-42)58-52(54-47)38-19-8-3-9-20-38/h1-38H;1-34H. The Morgan fingerprint density at radius 2 is 0.385 bits per heavy atom. The van der Waals surface area contributed by atoms with Gasteiger partial charge in [0.15, 0.2) is 46.1 Å². The lowest BCUT2D eigenvalue weighted by Gasteiger charge is -2.34. The lowest BCUT2D eigenvalue weighted by molar-refractivity contribution is 0.618. The molecule has 0 bridgehead atoms. The third-order valence-electron chi connectivity index (χ3n) is 23.8. The van der Waals surface area contributed by atoms with Crippen molar-refractivity contribution in [1.82, 2.24) is 39.9 Å². The molecule has 0 aliphatic heterocycles. The Kier molecular flexibility index (Phi) is 18.1. The van der Waals surface area contributed by atoms with Crippen LogP contribution >= 0.6 is 0 Å². The van der Waals surface area contributed by atoms with Gasteiger partial charge in [0.05, 0.1) is 10.8 Å². The molecule has 21 aromatic rings. The number of benzene rings is 17. The quantitative estimate of drug-likeness (QED) is 0.0978.